The number of halogens is 3. The zero-order valence-electron chi connectivity index (χ0n) is 10.3. The second-order valence-corrected chi connectivity index (χ2v) is 5.93. The molecular weight excluding hydrogens is 316 g/mol. The van der Waals surface area contributed by atoms with Crippen LogP contribution in [-0.4, -0.2) is 17.5 Å². The predicted octanol–water partition coefficient (Wildman–Crippen LogP) is 2.72. The molecule has 1 saturated carbocycles. The molecule has 0 atom stereocenters. The summed E-state index contributed by atoms with van der Waals surface area (Å²) >= 11 is 3.37. The van der Waals surface area contributed by atoms with E-state index in [9.17, 15) is 8.78 Å². The smallest absolute Gasteiger partial charge is 0.250 e. The van der Waals surface area contributed by atoms with Gasteiger partial charge in [0.05, 0.1) is 0 Å². The van der Waals surface area contributed by atoms with Gasteiger partial charge in [-0.05, 0) is 17.7 Å². The Kier molecular flexibility index (Phi) is 3.82. The lowest BCUT2D eigenvalue weighted by Gasteiger charge is -2.49. The molecule has 0 heterocycles. The largest absolute Gasteiger partial charge is 0.403 e. The van der Waals surface area contributed by atoms with Gasteiger partial charge in [-0.1, -0.05) is 28.1 Å². The molecule has 6 heteroatoms. The molecule has 0 aliphatic heterocycles. The summed E-state index contributed by atoms with van der Waals surface area (Å²) in [6.45, 7) is 0.312. The van der Waals surface area contributed by atoms with Crippen LogP contribution in [0.2, 0.25) is 0 Å². The van der Waals surface area contributed by atoms with E-state index in [-0.39, 0.29) is 12.8 Å². The van der Waals surface area contributed by atoms with Crippen molar-refractivity contribution in [1.82, 2.24) is 5.01 Å². The highest BCUT2D eigenvalue weighted by molar-refractivity contribution is 9.10. The summed E-state index contributed by atoms with van der Waals surface area (Å²) in [4.78, 5) is 0. The van der Waals surface area contributed by atoms with E-state index in [1.54, 1.807) is 0 Å². The first-order valence-corrected chi connectivity index (χ1v) is 6.70. The molecule has 4 N–H and O–H groups in total. The standard InChI is InChI=1S/C13H16BrF2N3/c14-11-3-1-2-10(6-11)12(7-13(15,16)8-12)9-19(18)5-4-17/h1-6H,7-9,17-18H2/b5-4-. The lowest BCUT2D eigenvalue weighted by atomic mass is 9.62. The molecule has 1 fully saturated rings. The van der Waals surface area contributed by atoms with Gasteiger partial charge in [0.1, 0.15) is 0 Å². The Morgan fingerprint density at radius 1 is 1.37 bits per heavy atom. The monoisotopic (exact) mass is 331 g/mol. The average Bonchev–Trinajstić information content (AvgIpc) is 2.26. The van der Waals surface area contributed by atoms with Crippen LogP contribution >= 0.6 is 15.9 Å². The van der Waals surface area contributed by atoms with Gasteiger partial charge in [-0.3, -0.25) is 0 Å². The minimum absolute atomic E-state index is 0.192. The number of benzene rings is 1. The van der Waals surface area contributed by atoms with Crippen molar-refractivity contribution in [2.24, 2.45) is 11.6 Å². The van der Waals surface area contributed by atoms with Crippen LogP contribution in [0, 0.1) is 0 Å². The van der Waals surface area contributed by atoms with E-state index in [4.69, 9.17) is 11.6 Å². The topological polar surface area (TPSA) is 55.3 Å². The minimum Gasteiger partial charge on any atom is -0.403 e. The summed E-state index contributed by atoms with van der Waals surface area (Å²) in [7, 11) is 0. The molecule has 1 aromatic rings. The first-order valence-electron chi connectivity index (χ1n) is 5.91. The Hall–Kier alpha value is -1.14. The summed E-state index contributed by atoms with van der Waals surface area (Å²) in [6.07, 6.45) is 2.40. The molecule has 2 rings (SSSR count). The van der Waals surface area contributed by atoms with Gasteiger partial charge in [0, 0.05) is 41.7 Å². The average molecular weight is 332 g/mol. The van der Waals surface area contributed by atoms with Gasteiger partial charge in [-0.15, -0.1) is 0 Å². The summed E-state index contributed by atoms with van der Waals surface area (Å²) in [6, 6.07) is 7.44. The van der Waals surface area contributed by atoms with Crippen LogP contribution in [0.1, 0.15) is 18.4 Å². The van der Waals surface area contributed by atoms with Crippen LogP contribution in [0.5, 0.6) is 0 Å². The first-order chi connectivity index (χ1) is 8.87. The van der Waals surface area contributed by atoms with Crippen LogP contribution in [0.4, 0.5) is 8.78 Å². The number of hydrogen-bond donors (Lipinski definition) is 2. The van der Waals surface area contributed by atoms with E-state index in [1.807, 2.05) is 24.3 Å². The maximum Gasteiger partial charge on any atom is 0.250 e. The van der Waals surface area contributed by atoms with E-state index in [0.717, 1.165) is 10.0 Å². The van der Waals surface area contributed by atoms with Gasteiger partial charge < -0.3 is 10.7 Å². The van der Waals surface area contributed by atoms with Gasteiger partial charge in [-0.2, -0.15) is 0 Å². The lowest BCUT2D eigenvalue weighted by molar-refractivity contribution is -0.131. The summed E-state index contributed by atoms with van der Waals surface area (Å²) < 4.78 is 27.6. The second kappa shape index (κ2) is 5.09. The van der Waals surface area contributed by atoms with Gasteiger partial charge in [0.25, 0.3) is 0 Å². The van der Waals surface area contributed by atoms with Crippen LogP contribution in [0.15, 0.2) is 41.1 Å². The molecule has 3 nitrogen and oxygen atoms in total. The number of nitrogens with zero attached hydrogens (tertiary/aromatic N) is 1. The second-order valence-electron chi connectivity index (χ2n) is 5.01. The number of hydrazine groups is 1. The van der Waals surface area contributed by atoms with Gasteiger partial charge in [-0.25, -0.2) is 14.6 Å². The molecule has 1 aliphatic rings. The van der Waals surface area contributed by atoms with Crippen molar-refractivity contribution >= 4 is 15.9 Å². The normalized spacial score (nSPS) is 20.2. The first kappa shape index (κ1) is 14.3. The molecule has 19 heavy (non-hydrogen) atoms. The fourth-order valence-corrected chi connectivity index (χ4v) is 3.08. The van der Waals surface area contributed by atoms with Crippen molar-refractivity contribution in [3.63, 3.8) is 0 Å². The van der Waals surface area contributed by atoms with Crippen molar-refractivity contribution in [2.75, 3.05) is 6.54 Å². The predicted molar refractivity (Wildman–Crippen MR) is 74.2 cm³/mol. The number of nitrogens with two attached hydrogens (primary N) is 2. The molecule has 1 aliphatic carbocycles. The molecule has 0 unspecified atom stereocenters. The number of alkyl halides is 2. The Balaban J connectivity index is 2.26. The molecule has 0 spiro atoms. The van der Waals surface area contributed by atoms with E-state index in [1.165, 1.54) is 17.4 Å². The molecule has 0 aromatic heterocycles. The van der Waals surface area contributed by atoms with Crippen molar-refractivity contribution < 1.29 is 8.78 Å². The Morgan fingerprint density at radius 2 is 2.05 bits per heavy atom. The molecule has 104 valence electrons. The molecule has 0 bridgehead atoms. The molecule has 0 radical (unpaired) electrons. The number of rotatable bonds is 4. The van der Waals surface area contributed by atoms with E-state index in [0.29, 0.717) is 6.54 Å². The lowest BCUT2D eigenvalue weighted by Crippen LogP contribution is -2.55. The molecular formula is C13H16BrF2N3. The van der Waals surface area contributed by atoms with Crippen LogP contribution in [0.25, 0.3) is 0 Å². The fourth-order valence-electron chi connectivity index (χ4n) is 2.68. The third-order valence-electron chi connectivity index (χ3n) is 3.39. The minimum atomic E-state index is -2.62. The van der Waals surface area contributed by atoms with E-state index >= 15 is 0 Å². The Morgan fingerprint density at radius 3 is 2.58 bits per heavy atom. The van der Waals surface area contributed by atoms with Gasteiger partial charge >= 0.3 is 0 Å². The zero-order chi connectivity index (χ0) is 14.1. The molecule has 0 amide bonds. The van der Waals surface area contributed by atoms with Crippen molar-refractivity contribution in [3.05, 3.63) is 46.7 Å². The summed E-state index contributed by atoms with van der Waals surface area (Å²) in [5, 5.41) is 1.36. The molecule has 1 aromatic carbocycles. The third-order valence-corrected chi connectivity index (χ3v) is 3.89. The highest BCUT2D eigenvalue weighted by atomic mass is 79.9. The van der Waals surface area contributed by atoms with Crippen LogP contribution in [-0.2, 0) is 5.41 Å². The van der Waals surface area contributed by atoms with Crippen molar-refractivity contribution in [1.29, 1.82) is 0 Å². The Bertz CT molecular complexity index is 483. The van der Waals surface area contributed by atoms with Crippen molar-refractivity contribution in [2.45, 2.75) is 24.2 Å². The third kappa shape index (κ3) is 3.06. The SMILES string of the molecule is N/C=C\N(N)CC1(c2cccc(Br)c2)CC(F)(F)C1. The van der Waals surface area contributed by atoms with Crippen molar-refractivity contribution in [3.8, 4) is 0 Å². The maximum absolute atomic E-state index is 13.3. The number of hydrogen-bond acceptors (Lipinski definition) is 3. The van der Waals surface area contributed by atoms with Crippen LogP contribution in [0.3, 0.4) is 0 Å². The zero-order valence-corrected chi connectivity index (χ0v) is 11.9. The Labute approximate surface area is 119 Å². The fraction of sp³-hybridized carbons (Fsp3) is 0.385. The van der Waals surface area contributed by atoms with Crippen LogP contribution < -0.4 is 11.6 Å². The highest BCUT2D eigenvalue weighted by Crippen LogP contribution is 2.53. The summed E-state index contributed by atoms with van der Waals surface area (Å²) in [5.74, 6) is 3.14. The van der Waals surface area contributed by atoms with Gasteiger partial charge in [0.15, 0.2) is 0 Å². The maximum atomic E-state index is 13.3. The van der Waals surface area contributed by atoms with E-state index in [2.05, 4.69) is 15.9 Å². The molecule has 0 saturated heterocycles. The van der Waals surface area contributed by atoms with Gasteiger partial charge in [0.2, 0.25) is 5.92 Å². The highest BCUT2D eigenvalue weighted by Gasteiger charge is 2.57. The van der Waals surface area contributed by atoms with E-state index < -0.39 is 11.3 Å². The quantitative estimate of drug-likeness (QED) is 0.658. The summed E-state index contributed by atoms with van der Waals surface area (Å²) in [5.41, 5.74) is 5.51.